The summed E-state index contributed by atoms with van der Waals surface area (Å²) < 4.78 is 0. The number of ketones is 1. The van der Waals surface area contributed by atoms with E-state index in [1.54, 1.807) is 18.5 Å². The van der Waals surface area contributed by atoms with Crippen molar-refractivity contribution in [1.82, 2.24) is 9.97 Å². The highest BCUT2D eigenvalue weighted by Crippen LogP contribution is 2.24. The predicted octanol–water partition coefficient (Wildman–Crippen LogP) is 2.63. The molecule has 0 aromatic carbocycles. The van der Waals surface area contributed by atoms with Gasteiger partial charge in [0.15, 0.2) is 5.82 Å². The molecule has 0 bridgehead atoms. The molecule has 1 saturated carbocycles. The molecule has 80 valence electrons. The van der Waals surface area contributed by atoms with Crippen LogP contribution in [0.3, 0.4) is 0 Å². The van der Waals surface area contributed by atoms with Gasteiger partial charge in [0.2, 0.25) is 5.78 Å². The van der Waals surface area contributed by atoms with Crippen molar-refractivity contribution in [2.24, 2.45) is 5.92 Å². The number of carbonyl (C=O) groups excluding carboxylic acids is 1. The van der Waals surface area contributed by atoms with Gasteiger partial charge in [0.1, 0.15) is 0 Å². The molecule has 1 aromatic rings. The van der Waals surface area contributed by atoms with Gasteiger partial charge in [-0.2, -0.15) is 0 Å². The van der Waals surface area contributed by atoms with Gasteiger partial charge in [0.25, 0.3) is 0 Å². The van der Waals surface area contributed by atoms with Crippen LogP contribution in [0.15, 0.2) is 18.5 Å². The summed E-state index contributed by atoms with van der Waals surface area (Å²) in [4.78, 5) is 20.1. The van der Waals surface area contributed by atoms with E-state index >= 15 is 0 Å². The summed E-state index contributed by atoms with van der Waals surface area (Å²) in [5, 5.41) is 0. The average molecular weight is 204 g/mol. The van der Waals surface area contributed by atoms with Gasteiger partial charge in [-0.3, -0.25) is 4.79 Å². The third-order valence-corrected chi connectivity index (χ3v) is 3.01. The molecule has 15 heavy (non-hydrogen) atoms. The Labute approximate surface area is 89.9 Å². The van der Waals surface area contributed by atoms with E-state index in [0.29, 0.717) is 5.82 Å². The van der Waals surface area contributed by atoms with Crippen LogP contribution in [0.2, 0.25) is 0 Å². The van der Waals surface area contributed by atoms with Gasteiger partial charge in [-0.05, 0) is 18.9 Å². The summed E-state index contributed by atoms with van der Waals surface area (Å²) in [7, 11) is 0. The first-order valence-corrected chi connectivity index (χ1v) is 5.69. The van der Waals surface area contributed by atoms with Crippen molar-refractivity contribution in [2.75, 3.05) is 0 Å². The topological polar surface area (TPSA) is 42.9 Å². The van der Waals surface area contributed by atoms with Crippen molar-refractivity contribution < 1.29 is 4.79 Å². The molecule has 0 radical (unpaired) electrons. The molecular formula is C12H16N2O. The first kappa shape index (κ1) is 10.3. The molecular weight excluding hydrogens is 188 g/mol. The molecule has 3 heteroatoms. The number of carbonyl (C=O) groups is 1. The molecule has 1 aliphatic carbocycles. The van der Waals surface area contributed by atoms with Gasteiger partial charge in [-0.25, -0.2) is 9.97 Å². The number of Topliss-reactive ketones (excluding diaryl/α,β-unsaturated/α-hetero) is 1. The van der Waals surface area contributed by atoms with Crippen molar-refractivity contribution in [3.05, 3.63) is 24.3 Å². The lowest BCUT2D eigenvalue weighted by Crippen LogP contribution is -2.16. The Balaban J connectivity index is 2.06. The number of rotatable bonds is 2. The van der Waals surface area contributed by atoms with E-state index in [1.165, 1.54) is 25.7 Å². The Kier molecular flexibility index (Phi) is 3.43. The molecule has 2 rings (SSSR count). The minimum absolute atomic E-state index is 0.137. The van der Waals surface area contributed by atoms with E-state index in [-0.39, 0.29) is 11.7 Å². The monoisotopic (exact) mass is 204 g/mol. The minimum atomic E-state index is 0.137. The van der Waals surface area contributed by atoms with E-state index in [1.807, 2.05) is 0 Å². The Morgan fingerprint density at radius 3 is 2.27 bits per heavy atom. The summed E-state index contributed by atoms with van der Waals surface area (Å²) in [6.45, 7) is 0. The smallest absolute Gasteiger partial charge is 0.203 e. The van der Waals surface area contributed by atoms with Crippen LogP contribution in [0.25, 0.3) is 0 Å². The van der Waals surface area contributed by atoms with E-state index in [4.69, 9.17) is 0 Å². The third kappa shape index (κ3) is 2.61. The largest absolute Gasteiger partial charge is 0.290 e. The summed E-state index contributed by atoms with van der Waals surface area (Å²) in [5.74, 6) is 0.691. The van der Waals surface area contributed by atoms with Crippen molar-refractivity contribution in [1.29, 1.82) is 0 Å². The lowest BCUT2D eigenvalue weighted by atomic mass is 9.95. The average Bonchev–Trinajstić information content (AvgIpc) is 2.58. The van der Waals surface area contributed by atoms with Crippen molar-refractivity contribution >= 4 is 5.78 Å². The summed E-state index contributed by atoms with van der Waals surface area (Å²) in [6, 6.07) is 1.74. The van der Waals surface area contributed by atoms with Crippen LogP contribution in [0, 0.1) is 5.92 Å². The molecule has 0 unspecified atom stereocenters. The standard InChI is InChI=1S/C12H16N2O/c15-11(12-13-8-5-9-14-12)10-6-3-1-2-4-7-10/h5,8-10H,1-4,6-7H2. The quantitative estimate of drug-likeness (QED) is 0.549. The summed E-state index contributed by atoms with van der Waals surface area (Å²) in [5.41, 5.74) is 0. The fourth-order valence-corrected chi connectivity index (χ4v) is 2.15. The molecule has 0 amide bonds. The van der Waals surface area contributed by atoms with Gasteiger partial charge >= 0.3 is 0 Å². The van der Waals surface area contributed by atoms with E-state index in [9.17, 15) is 4.79 Å². The number of hydrogen-bond acceptors (Lipinski definition) is 3. The molecule has 0 saturated heterocycles. The lowest BCUT2D eigenvalue weighted by Gasteiger charge is -2.10. The van der Waals surface area contributed by atoms with Gasteiger partial charge in [-0.1, -0.05) is 25.7 Å². The maximum Gasteiger partial charge on any atom is 0.203 e. The highest BCUT2D eigenvalue weighted by molar-refractivity contribution is 5.94. The molecule has 0 atom stereocenters. The van der Waals surface area contributed by atoms with Crippen LogP contribution in [0.1, 0.15) is 49.1 Å². The Hall–Kier alpha value is -1.25. The van der Waals surface area contributed by atoms with Crippen molar-refractivity contribution in [2.45, 2.75) is 38.5 Å². The van der Waals surface area contributed by atoms with Crippen LogP contribution in [-0.4, -0.2) is 15.8 Å². The van der Waals surface area contributed by atoms with Crippen LogP contribution in [0.4, 0.5) is 0 Å². The zero-order valence-electron chi connectivity index (χ0n) is 8.85. The lowest BCUT2D eigenvalue weighted by molar-refractivity contribution is 0.0897. The fourth-order valence-electron chi connectivity index (χ4n) is 2.15. The van der Waals surface area contributed by atoms with Crippen molar-refractivity contribution in [3.8, 4) is 0 Å². The molecule has 3 nitrogen and oxygen atoms in total. The summed E-state index contributed by atoms with van der Waals surface area (Å²) >= 11 is 0. The van der Waals surface area contributed by atoms with Crippen LogP contribution >= 0.6 is 0 Å². The molecule has 1 aromatic heterocycles. The van der Waals surface area contributed by atoms with E-state index in [2.05, 4.69) is 9.97 Å². The maximum atomic E-state index is 12.0. The number of aromatic nitrogens is 2. The first-order chi connectivity index (χ1) is 7.38. The van der Waals surface area contributed by atoms with Crippen molar-refractivity contribution in [3.63, 3.8) is 0 Å². The summed E-state index contributed by atoms with van der Waals surface area (Å²) in [6.07, 6.45) is 10.2. The number of nitrogens with zero attached hydrogens (tertiary/aromatic N) is 2. The molecule has 0 aliphatic heterocycles. The fraction of sp³-hybridized carbons (Fsp3) is 0.583. The molecule has 1 heterocycles. The SMILES string of the molecule is O=C(c1ncccn1)C1CCCCCC1. The third-order valence-electron chi connectivity index (χ3n) is 3.01. The second kappa shape index (κ2) is 5.01. The Bertz CT molecular complexity index is 316. The van der Waals surface area contributed by atoms with E-state index in [0.717, 1.165) is 12.8 Å². The van der Waals surface area contributed by atoms with E-state index < -0.39 is 0 Å². The second-order valence-electron chi connectivity index (χ2n) is 4.13. The normalized spacial score (nSPS) is 18.4. The Morgan fingerprint density at radius 2 is 1.67 bits per heavy atom. The second-order valence-corrected chi connectivity index (χ2v) is 4.13. The first-order valence-electron chi connectivity index (χ1n) is 5.69. The highest BCUT2D eigenvalue weighted by atomic mass is 16.1. The van der Waals surface area contributed by atoms with Gasteiger partial charge in [0, 0.05) is 18.3 Å². The van der Waals surface area contributed by atoms with Gasteiger partial charge in [-0.15, -0.1) is 0 Å². The van der Waals surface area contributed by atoms with Gasteiger partial charge < -0.3 is 0 Å². The maximum absolute atomic E-state index is 12.0. The minimum Gasteiger partial charge on any atom is -0.290 e. The van der Waals surface area contributed by atoms with Crippen LogP contribution in [0.5, 0.6) is 0 Å². The van der Waals surface area contributed by atoms with Crippen LogP contribution < -0.4 is 0 Å². The zero-order chi connectivity index (χ0) is 10.5. The molecule has 0 spiro atoms. The van der Waals surface area contributed by atoms with Gasteiger partial charge in [0.05, 0.1) is 0 Å². The molecule has 0 N–H and O–H groups in total. The van der Waals surface area contributed by atoms with Crippen LogP contribution in [-0.2, 0) is 0 Å². The zero-order valence-corrected chi connectivity index (χ0v) is 8.85. The molecule has 1 fully saturated rings. The molecule has 1 aliphatic rings. The predicted molar refractivity (Wildman–Crippen MR) is 57.6 cm³/mol. The number of hydrogen-bond donors (Lipinski definition) is 0. The Morgan fingerprint density at radius 1 is 1.07 bits per heavy atom. The highest BCUT2D eigenvalue weighted by Gasteiger charge is 2.22.